The van der Waals surface area contributed by atoms with E-state index in [0.29, 0.717) is 11.6 Å². The quantitative estimate of drug-likeness (QED) is 0.678. The summed E-state index contributed by atoms with van der Waals surface area (Å²) in [5, 5.41) is 3.56. The fourth-order valence-corrected chi connectivity index (χ4v) is 6.37. The van der Waals surface area contributed by atoms with Crippen LogP contribution in [0.25, 0.3) is 0 Å². The van der Waals surface area contributed by atoms with Crippen LogP contribution in [0.1, 0.15) is 44.7 Å². The fourth-order valence-electron chi connectivity index (χ4n) is 6.10. The minimum atomic E-state index is -1.15. The Morgan fingerprint density at radius 3 is 2.57 bits per heavy atom. The number of carbonyl (C=O) groups excluding carboxylic acids is 3. The van der Waals surface area contributed by atoms with Gasteiger partial charge in [-0.25, -0.2) is 0 Å². The third kappa shape index (κ3) is 1.90. The number of nitrogens with zero attached hydrogens (tertiary/aromatic N) is 2. The molecule has 1 spiro atoms. The van der Waals surface area contributed by atoms with Crippen molar-refractivity contribution in [3.05, 3.63) is 28.3 Å². The number of anilines is 1. The Morgan fingerprint density at radius 1 is 1.18 bits per heavy atom. The molecular weight excluding hydrogens is 378 g/mol. The number of halogens is 1. The predicted octanol–water partition coefficient (Wildman–Crippen LogP) is 2.67. The van der Waals surface area contributed by atoms with E-state index in [1.807, 2.05) is 33.8 Å². The van der Waals surface area contributed by atoms with Crippen LogP contribution in [-0.2, 0) is 19.9 Å². The molecule has 28 heavy (non-hydrogen) atoms. The molecule has 6 nitrogen and oxygen atoms in total. The SMILES string of the molecule is Cc1cc(Cl)cc2c1NC(=O)C21C2C(=O)N(C(C)(C)C)C(=O)C2C2CCCN21. The normalized spacial score (nSPS) is 34.2. The molecule has 148 valence electrons. The van der Waals surface area contributed by atoms with Gasteiger partial charge in [0.1, 0.15) is 5.54 Å². The van der Waals surface area contributed by atoms with E-state index < -0.39 is 22.9 Å². The van der Waals surface area contributed by atoms with Gasteiger partial charge < -0.3 is 5.32 Å². The van der Waals surface area contributed by atoms with E-state index in [0.717, 1.165) is 29.7 Å². The second-order valence-corrected chi connectivity index (χ2v) is 9.89. The van der Waals surface area contributed by atoms with Gasteiger partial charge in [-0.05, 0) is 64.8 Å². The first-order valence-electron chi connectivity index (χ1n) is 9.87. The summed E-state index contributed by atoms with van der Waals surface area (Å²) in [6.45, 7) is 8.21. The summed E-state index contributed by atoms with van der Waals surface area (Å²) in [7, 11) is 0. The molecule has 4 unspecified atom stereocenters. The van der Waals surface area contributed by atoms with Crippen molar-refractivity contribution in [1.29, 1.82) is 0 Å². The number of fused-ring (bicyclic) bond motifs is 7. The van der Waals surface area contributed by atoms with Crippen LogP contribution in [0.4, 0.5) is 5.69 Å². The van der Waals surface area contributed by atoms with Gasteiger partial charge in [0.25, 0.3) is 0 Å². The molecule has 4 aliphatic rings. The highest BCUT2D eigenvalue weighted by Gasteiger charge is 2.75. The van der Waals surface area contributed by atoms with E-state index in [1.165, 1.54) is 4.90 Å². The largest absolute Gasteiger partial charge is 0.324 e. The molecule has 0 saturated carbocycles. The number of carbonyl (C=O) groups is 3. The Balaban J connectivity index is 1.78. The summed E-state index contributed by atoms with van der Waals surface area (Å²) in [5.74, 6) is -1.77. The van der Waals surface area contributed by atoms with Crippen molar-refractivity contribution in [2.75, 3.05) is 11.9 Å². The number of imide groups is 1. The van der Waals surface area contributed by atoms with Gasteiger partial charge in [-0.3, -0.25) is 24.2 Å². The number of rotatable bonds is 0. The lowest BCUT2D eigenvalue weighted by atomic mass is 9.75. The van der Waals surface area contributed by atoms with E-state index >= 15 is 0 Å². The van der Waals surface area contributed by atoms with Gasteiger partial charge >= 0.3 is 0 Å². The molecule has 0 aromatic heterocycles. The average Bonchev–Trinajstić information content (AvgIpc) is 3.25. The molecule has 1 aromatic rings. The molecule has 0 bridgehead atoms. The summed E-state index contributed by atoms with van der Waals surface area (Å²) in [6.07, 6.45) is 1.73. The molecule has 0 aliphatic carbocycles. The number of aryl methyl sites for hydroxylation is 1. The van der Waals surface area contributed by atoms with E-state index in [-0.39, 0.29) is 23.8 Å². The minimum absolute atomic E-state index is 0.0928. The minimum Gasteiger partial charge on any atom is -0.324 e. The third-order valence-electron chi connectivity index (χ3n) is 6.93. The van der Waals surface area contributed by atoms with Gasteiger partial charge in [-0.1, -0.05) is 11.6 Å². The first-order chi connectivity index (χ1) is 13.1. The summed E-state index contributed by atoms with van der Waals surface area (Å²) in [5.41, 5.74) is 0.583. The monoisotopic (exact) mass is 401 g/mol. The highest BCUT2D eigenvalue weighted by Crippen LogP contribution is 2.61. The zero-order valence-corrected chi connectivity index (χ0v) is 17.3. The predicted molar refractivity (Wildman–Crippen MR) is 105 cm³/mol. The van der Waals surface area contributed by atoms with Crippen LogP contribution >= 0.6 is 11.6 Å². The van der Waals surface area contributed by atoms with E-state index in [9.17, 15) is 14.4 Å². The number of likely N-dealkylation sites (tertiary alicyclic amines) is 1. The highest BCUT2D eigenvalue weighted by atomic mass is 35.5. The fraction of sp³-hybridized carbons (Fsp3) is 0.571. The lowest BCUT2D eigenvalue weighted by Gasteiger charge is -2.38. The Bertz CT molecular complexity index is 953. The second-order valence-electron chi connectivity index (χ2n) is 9.45. The highest BCUT2D eigenvalue weighted by molar-refractivity contribution is 6.31. The van der Waals surface area contributed by atoms with Crippen molar-refractivity contribution in [1.82, 2.24) is 9.80 Å². The van der Waals surface area contributed by atoms with Gasteiger partial charge in [0.2, 0.25) is 17.7 Å². The van der Waals surface area contributed by atoms with E-state index in [1.54, 1.807) is 6.07 Å². The first-order valence-corrected chi connectivity index (χ1v) is 10.2. The smallest absolute Gasteiger partial charge is 0.250 e. The Morgan fingerprint density at radius 2 is 1.89 bits per heavy atom. The Hall–Kier alpha value is -1.92. The van der Waals surface area contributed by atoms with Crippen LogP contribution in [-0.4, -0.2) is 45.6 Å². The summed E-state index contributed by atoms with van der Waals surface area (Å²) >= 11 is 6.37. The van der Waals surface area contributed by atoms with Gasteiger partial charge in [-0.2, -0.15) is 0 Å². The first kappa shape index (κ1) is 18.1. The van der Waals surface area contributed by atoms with Crippen LogP contribution in [0.2, 0.25) is 5.02 Å². The number of hydrogen-bond acceptors (Lipinski definition) is 4. The molecule has 3 fully saturated rings. The van der Waals surface area contributed by atoms with Crippen molar-refractivity contribution in [3.8, 4) is 0 Å². The molecule has 5 rings (SSSR count). The molecule has 4 atom stereocenters. The summed E-state index contributed by atoms with van der Waals surface area (Å²) < 4.78 is 0. The molecule has 0 radical (unpaired) electrons. The van der Waals surface area contributed by atoms with Crippen molar-refractivity contribution < 1.29 is 14.4 Å². The van der Waals surface area contributed by atoms with Crippen molar-refractivity contribution in [2.24, 2.45) is 11.8 Å². The zero-order chi connectivity index (χ0) is 20.2. The molecule has 1 N–H and O–H groups in total. The number of benzene rings is 1. The maximum absolute atomic E-state index is 13.6. The lowest BCUT2D eigenvalue weighted by molar-refractivity contribution is -0.150. The van der Waals surface area contributed by atoms with Crippen molar-refractivity contribution in [3.63, 3.8) is 0 Å². The Kier molecular flexibility index (Phi) is 3.47. The molecule has 7 heteroatoms. The maximum Gasteiger partial charge on any atom is 0.250 e. The number of hydrogen-bond donors (Lipinski definition) is 1. The van der Waals surface area contributed by atoms with Gasteiger partial charge in [0.05, 0.1) is 11.8 Å². The topological polar surface area (TPSA) is 69.7 Å². The summed E-state index contributed by atoms with van der Waals surface area (Å²) in [4.78, 5) is 44.1. The average molecular weight is 402 g/mol. The van der Waals surface area contributed by atoms with Crippen LogP contribution in [0, 0.1) is 18.8 Å². The third-order valence-corrected chi connectivity index (χ3v) is 7.15. The maximum atomic E-state index is 13.6. The van der Waals surface area contributed by atoms with Gasteiger partial charge in [0, 0.05) is 27.9 Å². The zero-order valence-electron chi connectivity index (χ0n) is 16.5. The molecule has 4 aliphatic heterocycles. The molecule has 3 amide bonds. The number of nitrogens with one attached hydrogen (secondary N) is 1. The van der Waals surface area contributed by atoms with E-state index in [4.69, 9.17) is 11.6 Å². The lowest BCUT2D eigenvalue weighted by Crippen LogP contribution is -2.56. The van der Waals surface area contributed by atoms with Crippen LogP contribution in [0.5, 0.6) is 0 Å². The molecule has 3 saturated heterocycles. The van der Waals surface area contributed by atoms with Crippen LogP contribution in [0.15, 0.2) is 12.1 Å². The van der Waals surface area contributed by atoms with Gasteiger partial charge in [-0.15, -0.1) is 0 Å². The molecule has 4 heterocycles. The van der Waals surface area contributed by atoms with Crippen LogP contribution in [0.3, 0.4) is 0 Å². The molecular formula is C21H24ClN3O3. The summed E-state index contributed by atoms with van der Waals surface area (Å²) in [6, 6.07) is 3.53. The van der Waals surface area contributed by atoms with E-state index in [2.05, 4.69) is 10.2 Å². The van der Waals surface area contributed by atoms with Gasteiger partial charge in [0.15, 0.2) is 0 Å². The molecule has 1 aromatic carbocycles. The van der Waals surface area contributed by atoms with Crippen LogP contribution < -0.4 is 5.32 Å². The van der Waals surface area contributed by atoms with Crippen molar-refractivity contribution >= 4 is 35.0 Å². The van der Waals surface area contributed by atoms with Crippen molar-refractivity contribution in [2.45, 2.75) is 57.7 Å². The standard InChI is InChI=1S/C21H24ClN3O3/c1-10-8-11(22)9-12-16(10)23-19(28)21(12)15-14(13-6-5-7-24(13)21)17(26)25(18(15)27)20(2,3)4/h8-9,13-15H,5-7H2,1-4H3,(H,23,28). The Labute approximate surface area is 169 Å². The number of amides is 3. The second kappa shape index (κ2) is 5.36.